The standard InChI is InChI=1S/C6H10GeO2/c1-2-3-4-5-6(8)9-7/h2-5H,1,7H3. The van der Waals surface area contributed by atoms with E-state index >= 15 is 0 Å². The molecule has 0 N–H and O–H groups in total. The van der Waals surface area contributed by atoms with Gasteiger partial charge in [0.05, 0.1) is 0 Å². The van der Waals surface area contributed by atoms with Crippen molar-refractivity contribution in [3.05, 3.63) is 24.3 Å². The molecule has 0 rings (SSSR count). The fraction of sp³-hybridized carbons (Fsp3) is 0.167. The van der Waals surface area contributed by atoms with Gasteiger partial charge in [0.2, 0.25) is 0 Å². The molecule has 9 heavy (non-hydrogen) atoms. The van der Waals surface area contributed by atoms with Crippen molar-refractivity contribution in [1.29, 1.82) is 0 Å². The Balaban J connectivity index is 3.57. The predicted molar refractivity (Wildman–Crippen MR) is 40.0 cm³/mol. The molecule has 0 aliphatic carbocycles. The maximum atomic E-state index is 10.4. The molecule has 0 saturated heterocycles. The first-order chi connectivity index (χ1) is 4.31. The molecule has 3 heteroatoms. The van der Waals surface area contributed by atoms with Crippen LogP contribution in [-0.2, 0) is 8.56 Å². The number of rotatable bonds is 2. The van der Waals surface area contributed by atoms with Gasteiger partial charge in [-0.15, -0.1) is 0 Å². The summed E-state index contributed by atoms with van der Waals surface area (Å²) in [5.41, 5.74) is 0. The Hall–Kier alpha value is -0.507. The van der Waals surface area contributed by atoms with Gasteiger partial charge in [0, 0.05) is 0 Å². The Kier molecular flexibility index (Phi) is 5.31. The second-order valence-corrected chi connectivity index (χ2v) is 2.26. The van der Waals surface area contributed by atoms with E-state index in [9.17, 15) is 4.79 Å². The van der Waals surface area contributed by atoms with E-state index in [4.69, 9.17) is 0 Å². The van der Waals surface area contributed by atoms with Gasteiger partial charge in [-0.05, 0) is 0 Å². The molecule has 0 aromatic carbocycles. The van der Waals surface area contributed by atoms with E-state index in [2.05, 4.69) is 3.76 Å². The topological polar surface area (TPSA) is 26.3 Å². The maximum absolute atomic E-state index is 10.4. The third-order valence-corrected chi connectivity index (χ3v) is 1.58. The van der Waals surface area contributed by atoms with E-state index in [1.807, 2.05) is 13.0 Å². The van der Waals surface area contributed by atoms with Crippen LogP contribution in [0.4, 0.5) is 0 Å². The van der Waals surface area contributed by atoms with E-state index in [1.54, 1.807) is 12.2 Å². The number of carbonyl (C=O) groups is 1. The molecular formula is C6H10GeO2. The molecular weight excluding hydrogens is 177 g/mol. The zero-order valence-electron chi connectivity index (χ0n) is 5.63. The first-order valence-electron chi connectivity index (χ1n) is 2.68. The van der Waals surface area contributed by atoms with Crippen molar-refractivity contribution >= 4 is 22.8 Å². The molecule has 0 unspecified atom stereocenters. The van der Waals surface area contributed by atoms with Crippen LogP contribution in [0, 0.1) is 0 Å². The quantitative estimate of drug-likeness (QED) is 0.343. The van der Waals surface area contributed by atoms with Gasteiger partial charge in [-0.3, -0.25) is 0 Å². The Morgan fingerprint density at radius 2 is 2.22 bits per heavy atom. The Bertz CT molecular complexity index is 138. The molecule has 0 spiro atoms. The first kappa shape index (κ1) is 8.49. The number of hydrogen-bond acceptors (Lipinski definition) is 2. The normalized spacial score (nSPS) is 11.2. The van der Waals surface area contributed by atoms with Gasteiger partial charge < -0.3 is 0 Å². The molecule has 0 aromatic heterocycles. The van der Waals surface area contributed by atoms with Gasteiger partial charge in [0.1, 0.15) is 0 Å². The molecule has 0 aromatic rings. The van der Waals surface area contributed by atoms with Gasteiger partial charge in [-0.2, -0.15) is 0 Å². The summed E-state index contributed by atoms with van der Waals surface area (Å²) in [5.74, 6) is -0.242. The number of allylic oxidation sites excluding steroid dienone is 3. The molecule has 0 saturated carbocycles. The fourth-order valence-electron chi connectivity index (χ4n) is 0.313. The van der Waals surface area contributed by atoms with Crippen LogP contribution in [0.1, 0.15) is 6.92 Å². The summed E-state index contributed by atoms with van der Waals surface area (Å²) in [6.45, 7) is 1.89. The zero-order chi connectivity index (χ0) is 7.11. The van der Waals surface area contributed by atoms with Crippen molar-refractivity contribution in [1.82, 2.24) is 0 Å². The third-order valence-electron chi connectivity index (χ3n) is 0.737. The van der Waals surface area contributed by atoms with Crippen LogP contribution in [0.2, 0.25) is 0 Å². The Morgan fingerprint density at radius 1 is 1.56 bits per heavy atom. The van der Waals surface area contributed by atoms with Crippen LogP contribution in [0.5, 0.6) is 0 Å². The van der Waals surface area contributed by atoms with Crippen molar-refractivity contribution in [3.63, 3.8) is 0 Å². The van der Waals surface area contributed by atoms with Gasteiger partial charge in [-0.1, -0.05) is 0 Å². The van der Waals surface area contributed by atoms with Crippen molar-refractivity contribution in [3.8, 4) is 0 Å². The van der Waals surface area contributed by atoms with E-state index in [0.29, 0.717) is 0 Å². The van der Waals surface area contributed by atoms with Crippen LogP contribution in [0.15, 0.2) is 24.3 Å². The second-order valence-electron chi connectivity index (χ2n) is 1.41. The first-order valence-corrected chi connectivity index (χ1v) is 4.40. The van der Waals surface area contributed by atoms with Crippen molar-refractivity contribution in [2.75, 3.05) is 0 Å². The minimum absolute atomic E-state index is 0.157. The summed E-state index contributed by atoms with van der Waals surface area (Å²) in [5, 5.41) is 0. The fourth-order valence-corrected chi connectivity index (χ4v) is 0.599. The van der Waals surface area contributed by atoms with Gasteiger partial charge in [0.25, 0.3) is 0 Å². The molecule has 0 aliphatic rings. The van der Waals surface area contributed by atoms with Crippen LogP contribution in [0.3, 0.4) is 0 Å². The van der Waals surface area contributed by atoms with Gasteiger partial charge >= 0.3 is 62.6 Å². The van der Waals surface area contributed by atoms with E-state index in [0.717, 1.165) is 0 Å². The SMILES string of the molecule is CC=CC=CC(=O)[O][GeH3]. The molecule has 0 amide bonds. The summed E-state index contributed by atoms with van der Waals surface area (Å²) in [6.07, 6.45) is 6.70. The van der Waals surface area contributed by atoms with Crippen LogP contribution >= 0.6 is 0 Å². The molecule has 2 nitrogen and oxygen atoms in total. The zero-order valence-corrected chi connectivity index (χ0v) is 9.82. The van der Waals surface area contributed by atoms with Crippen LogP contribution in [-0.4, -0.2) is 22.8 Å². The molecule has 50 valence electrons. The summed E-state index contributed by atoms with van der Waals surface area (Å²) >= 11 is 0.157. The second kappa shape index (κ2) is 5.63. The average molecular weight is 187 g/mol. The van der Waals surface area contributed by atoms with Crippen molar-refractivity contribution in [2.45, 2.75) is 6.92 Å². The van der Waals surface area contributed by atoms with Crippen molar-refractivity contribution < 1.29 is 8.56 Å². The summed E-state index contributed by atoms with van der Waals surface area (Å²) < 4.78 is 4.52. The minimum atomic E-state index is -0.242. The van der Waals surface area contributed by atoms with Gasteiger partial charge in [-0.25, -0.2) is 0 Å². The summed E-state index contributed by atoms with van der Waals surface area (Å²) in [6, 6.07) is 0. The monoisotopic (exact) mass is 188 g/mol. The number of carbonyl (C=O) groups excluding carboxylic acids is 1. The Labute approximate surface area is 63.1 Å². The van der Waals surface area contributed by atoms with E-state index < -0.39 is 0 Å². The Morgan fingerprint density at radius 3 is 2.67 bits per heavy atom. The van der Waals surface area contributed by atoms with Crippen molar-refractivity contribution in [2.24, 2.45) is 0 Å². The van der Waals surface area contributed by atoms with Crippen LogP contribution < -0.4 is 0 Å². The molecule has 0 aliphatic heterocycles. The third kappa shape index (κ3) is 5.36. The molecule has 0 fully saturated rings. The summed E-state index contributed by atoms with van der Waals surface area (Å²) in [7, 11) is 0. The van der Waals surface area contributed by atoms with E-state index in [-0.39, 0.29) is 22.8 Å². The molecule has 0 radical (unpaired) electrons. The van der Waals surface area contributed by atoms with Crippen LogP contribution in [0.25, 0.3) is 0 Å². The number of hydrogen-bond donors (Lipinski definition) is 0. The predicted octanol–water partition coefficient (Wildman–Crippen LogP) is -0.0577. The average Bonchev–Trinajstić information content (AvgIpc) is 1.89. The molecule has 0 bridgehead atoms. The molecule has 0 atom stereocenters. The van der Waals surface area contributed by atoms with E-state index in [1.165, 1.54) is 6.08 Å². The summed E-state index contributed by atoms with van der Waals surface area (Å²) in [4.78, 5) is 10.4. The van der Waals surface area contributed by atoms with Gasteiger partial charge in [0.15, 0.2) is 0 Å². The molecule has 0 heterocycles.